The van der Waals surface area contributed by atoms with Crippen molar-refractivity contribution in [2.24, 2.45) is 46.3 Å². The van der Waals surface area contributed by atoms with E-state index in [2.05, 4.69) is 26.8 Å². The van der Waals surface area contributed by atoms with Crippen LogP contribution in [0.3, 0.4) is 0 Å². The SMILES string of the molecule is C.CC.CC.CC(CCC[C@H]1CCC2C3CC=C4CC(O)CCC4(C)C3CCC21C)C1CC1. The number of fused-ring (bicyclic) bond motifs is 5. The Hall–Kier alpha value is -0.300. The Morgan fingerprint density at radius 1 is 0.939 bits per heavy atom. The molecule has 0 saturated heterocycles. The van der Waals surface area contributed by atoms with Gasteiger partial charge in [-0.05, 0) is 117 Å². The van der Waals surface area contributed by atoms with Crippen molar-refractivity contribution in [1.29, 1.82) is 0 Å². The molecule has 1 nitrogen and oxygen atoms in total. The van der Waals surface area contributed by atoms with Crippen LogP contribution in [0.5, 0.6) is 0 Å². The third-order valence-electron chi connectivity index (χ3n) is 10.9. The second kappa shape index (κ2) is 12.1. The van der Waals surface area contributed by atoms with E-state index in [-0.39, 0.29) is 13.5 Å². The summed E-state index contributed by atoms with van der Waals surface area (Å²) < 4.78 is 0. The molecular weight excluding hydrogens is 400 g/mol. The van der Waals surface area contributed by atoms with Gasteiger partial charge >= 0.3 is 0 Å². The minimum absolute atomic E-state index is 0. The summed E-state index contributed by atoms with van der Waals surface area (Å²) in [5.41, 5.74) is 2.65. The molecule has 0 spiro atoms. The summed E-state index contributed by atoms with van der Waals surface area (Å²) in [4.78, 5) is 0. The largest absolute Gasteiger partial charge is 0.393 e. The van der Waals surface area contributed by atoms with Gasteiger partial charge < -0.3 is 5.11 Å². The van der Waals surface area contributed by atoms with Crippen LogP contribution in [0, 0.1) is 46.3 Å². The van der Waals surface area contributed by atoms with Crippen LogP contribution in [-0.2, 0) is 0 Å². The van der Waals surface area contributed by atoms with Crippen molar-refractivity contribution >= 4 is 0 Å². The fourth-order valence-electron chi connectivity index (χ4n) is 8.81. The van der Waals surface area contributed by atoms with E-state index in [1.54, 1.807) is 5.57 Å². The van der Waals surface area contributed by atoms with Gasteiger partial charge in [0, 0.05) is 0 Å². The molecule has 0 aromatic carbocycles. The van der Waals surface area contributed by atoms with Crippen LogP contribution in [0.2, 0.25) is 0 Å². The second-order valence-electron chi connectivity index (χ2n) is 12.2. The molecule has 194 valence electrons. The quantitative estimate of drug-likeness (QED) is 0.405. The lowest BCUT2D eigenvalue weighted by Crippen LogP contribution is -2.50. The summed E-state index contributed by atoms with van der Waals surface area (Å²) in [7, 11) is 0. The number of aliphatic hydroxyl groups is 1. The highest BCUT2D eigenvalue weighted by atomic mass is 16.3. The zero-order valence-corrected chi connectivity index (χ0v) is 22.8. The van der Waals surface area contributed by atoms with Gasteiger partial charge in [0.05, 0.1) is 6.10 Å². The lowest BCUT2D eigenvalue weighted by atomic mass is 9.47. The fourth-order valence-corrected chi connectivity index (χ4v) is 8.81. The van der Waals surface area contributed by atoms with Crippen LogP contribution in [-0.4, -0.2) is 11.2 Å². The molecule has 1 N–H and O–H groups in total. The first-order chi connectivity index (χ1) is 15.4. The van der Waals surface area contributed by atoms with E-state index in [1.807, 2.05) is 27.7 Å². The van der Waals surface area contributed by atoms with Crippen LogP contribution in [0.15, 0.2) is 11.6 Å². The number of hydrogen-bond donors (Lipinski definition) is 1. The Labute approximate surface area is 208 Å². The molecule has 4 fully saturated rings. The summed E-state index contributed by atoms with van der Waals surface area (Å²) in [5.74, 6) is 5.87. The molecule has 8 atom stereocenters. The monoisotopic (exact) mass is 460 g/mol. The molecule has 0 aromatic heterocycles. The van der Waals surface area contributed by atoms with Crippen molar-refractivity contribution in [1.82, 2.24) is 0 Å². The predicted molar refractivity (Wildman–Crippen MR) is 146 cm³/mol. The number of rotatable bonds is 5. The van der Waals surface area contributed by atoms with Crippen molar-refractivity contribution in [2.45, 2.75) is 145 Å². The van der Waals surface area contributed by atoms with Crippen molar-refractivity contribution < 1.29 is 5.11 Å². The highest BCUT2D eigenvalue weighted by molar-refractivity contribution is 5.25. The molecule has 4 saturated carbocycles. The maximum absolute atomic E-state index is 10.2. The van der Waals surface area contributed by atoms with E-state index >= 15 is 0 Å². The highest BCUT2D eigenvalue weighted by Gasteiger charge is 2.58. The maximum Gasteiger partial charge on any atom is 0.0577 e. The molecule has 0 aliphatic heterocycles. The molecule has 0 bridgehead atoms. The zero-order chi connectivity index (χ0) is 23.5. The van der Waals surface area contributed by atoms with Crippen molar-refractivity contribution in [3.63, 3.8) is 0 Å². The highest BCUT2D eigenvalue weighted by Crippen LogP contribution is 2.66. The Morgan fingerprint density at radius 2 is 1.64 bits per heavy atom. The number of hydrogen-bond acceptors (Lipinski definition) is 1. The van der Waals surface area contributed by atoms with E-state index in [0.717, 1.165) is 48.3 Å². The molecule has 7 unspecified atom stereocenters. The van der Waals surface area contributed by atoms with E-state index in [1.165, 1.54) is 70.6 Å². The van der Waals surface area contributed by atoms with Crippen LogP contribution in [0.1, 0.15) is 139 Å². The molecule has 0 heterocycles. The van der Waals surface area contributed by atoms with E-state index in [4.69, 9.17) is 0 Å². The van der Waals surface area contributed by atoms with E-state index in [0.29, 0.717) is 10.8 Å². The average molecular weight is 461 g/mol. The van der Waals surface area contributed by atoms with Gasteiger partial charge in [0.15, 0.2) is 0 Å². The van der Waals surface area contributed by atoms with Gasteiger partial charge in [-0.3, -0.25) is 0 Å². The smallest absolute Gasteiger partial charge is 0.0577 e. The Morgan fingerprint density at radius 3 is 2.30 bits per heavy atom. The second-order valence-corrected chi connectivity index (χ2v) is 12.2. The zero-order valence-electron chi connectivity index (χ0n) is 22.8. The third-order valence-corrected chi connectivity index (χ3v) is 10.9. The van der Waals surface area contributed by atoms with Crippen LogP contribution >= 0.6 is 0 Å². The summed E-state index contributed by atoms with van der Waals surface area (Å²) in [6.45, 7) is 15.8. The first-order valence-corrected chi connectivity index (χ1v) is 14.8. The van der Waals surface area contributed by atoms with Gasteiger partial charge in [-0.1, -0.05) is 80.4 Å². The minimum Gasteiger partial charge on any atom is -0.393 e. The summed E-state index contributed by atoms with van der Waals surface area (Å²) in [6.07, 6.45) is 20.5. The van der Waals surface area contributed by atoms with Gasteiger partial charge in [0.25, 0.3) is 0 Å². The standard InChI is InChI=1S/C27H44O.2C2H6.CH4/c1-18(19-7-8-19)5-4-6-20-10-12-24-23-11-9-21-17-22(28)13-15-27(21,3)25(23)14-16-26(20,24)2;2*1-2;/h9,18-20,22-25,28H,4-8,10-17H2,1-3H3;2*1-2H3;1H4/t18?,20-,22?,23?,24?,25?,26?,27?;;;/m0.../s1. The Balaban J connectivity index is 0.000000733. The molecule has 5 rings (SSSR count). The molecule has 33 heavy (non-hydrogen) atoms. The van der Waals surface area contributed by atoms with Crippen molar-refractivity contribution in [3.05, 3.63) is 11.6 Å². The normalized spacial score (nSPS) is 41.9. The Kier molecular flexibility index (Phi) is 10.6. The van der Waals surface area contributed by atoms with E-state index < -0.39 is 0 Å². The molecule has 5 aliphatic carbocycles. The van der Waals surface area contributed by atoms with Gasteiger partial charge in [-0.25, -0.2) is 0 Å². The van der Waals surface area contributed by atoms with Gasteiger partial charge in [0.1, 0.15) is 0 Å². The molecular formula is C32H60O. The average Bonchev–Trinajstić information content (AvgIpc) is 3.60. The van der Waals surface area contributed by atoms with Crippen LogP contribution in [0.4, 0.5) is 0 Å². The predicted octanol–water partition coefficient (Wildman–Crippen LogP) is 9.83. The molecule has 1 heteroatoms. The van der Waals surface area contributed by atoms with Crippen molar-refractivity contribution in [3.8, 4) is 0 Å². The van der Waals surface area contributed by atoms with Gasteiger partial charge in [0.2, 0.25) is 0 Å². The van der Waals surface area contributed by atoms with Gasteiger partial charge in [-0.2, -0.15) is 0 Å². The number of allylic oxidation sites excluding steroid dienone is 1. The van der Waals surface area contributed by atoms with Crippen LogP contribution in [0.25, 0.3) is 0 Å². The molecule has 0 radical (unpaired) electrons. The van der Waals surface area contributed by atoms with Crippen molar-refractivity contribution in [2.75, 3.05) is 0 Å². The van der Waals surface area contributed by atoms with E-state index in [9.17, 15) is 5.11 Å². The summed E-state index contributed by atoms with van der Waals surface area (Å²) >= 11 is 0. The lowest BCUT2D eigenvalue weighted by Gasteiger charge is -2.58. The number of aliphatic hydroxyl groups excluding tert-OH is 1. The summed E-state index contributed by atoms with van der Waals surface area (Å²) in [5, 5.41) is 10.2. The fraction of sp³-hybridized carbons (Fsp3) is 0.938. The van der Waals surface area contributed by atoms with Crippen LogP contribution < -0.4 is 0 Å². The topological polar surface area (TPSA) is 20.2 Å². The maximum atomic E-state index is 10.2. The Bertz CT molecular complexity index is 618. The minimum atomic E-state index is -0.0707. The summed E-state index contributed by atoms with van der Waals surface area (Å²) in [6, 6.07) is 0. The van der Waals surface area contributed by atoms with Gasteiger partial charge in [-0.15, -0.1) is 0 Å². The molecule has 0 amide bonds. The molecule has 0 aromatic rings. The lowest BCUT2D eigenvalue weighted by molar-refractivity contribution is -0.0509. The molecule has 5 aliphatic rings. The first-order valence-electron chi connectivity index (χ1n) is 14.8. The third kappa shape index (κ3) is 5.59. The first kappa shape index (κ1) is 28.9.